The second-order valence-corrected chi connectivity index (χ2v) is 6.34. The van der Waals surface area contributed by atoms with Gasteiger partial charge in [0.15, 0.2) is 0 Å². The Kier molecular flexibility index (Phi) is 4.90. The number of hydrogen-bond donors (Lipinski definition) is 2. The lowest BCUT2D eigenvalue weighted by Gasteiger charge is -2.14. The zero-order valence-electron chi connectivity index (χ0n) is 13.6. The van der Waals surface area contributed by atoms with Crippen LogP contribution < -0.4 is 10.6 Å². The van der Waals surface area contributed by atoms with Gasteiger partial charge in [0.2, 0.25) is 0 Å². The molecule has 2 heterocycles. The summed E-state index contributed by atoms with van der Waals surface area (Å²) >= 11 is 1.55. The summed E-state index contributed by atoms with van der Waals surface area (Å²) in [7, 11) is 0. The van der Waals surface area contributed by atoms with E-state index in [0.717, 1.165) is 22.0 Å². The molecule has 0 aliphatic heterocycles. The molecule has 0 aliphatic rings. The van der Waals surface area contributed by atoms with Crippen LogP contribution in [0.2, 0.25) is 0 Å². The Morgan fingerprint density at radius 1 is 1.33 bits per heavy atom. The van der Waals surface area contributed by atoms with Crippen LogP contribution in [0.3, 0.4) is 0 Å². The number of benzene rings is 1. The fourth-order valence-electron chi connectivity index (χ4n) is 2.35. The van der Waals surface area contributed by atoms with Gasteiger partial charge in [-0.15, -0.1) is 11.3 Å². The highest BCUT2D eigenvalue weighted by Gasteiger charge is 2.13. The number of urea groups is 1. The molecule has 2 amide bonds. The van der Waals surface area contributed by atoms with E-state index in [1.54, 1.807) is 22.2 Å². The minimum absolute atomic E-state index is 0.120. The molecule has 0 spiro atoms. The van der Waals surface area contributed by atoms with Gasteiger partial charge in [0.05, 0.1) is 11.7 Å². The van der Waals surface area contributed by atoms with Gasteiger partial charge in [-0.05, 0) is 31.5 Å². The fraction of sp³-hybridized carbons (Fsp3) is 0.235. The van der Waals surface area contributed by atoms with Crippen molar-refractivity contribution in [2.75, 3.05) is 0 Å². The normalized spacial score (nSPS) is 11.9. The lowest BCUT2D eigenvalue weighted by molar-refractivity contribution is 0.237. The van der Waals surface area contributed by atoms with Gasteiger partial charge in [0.25, 0.3) is 0 Å². The predicted octanol–water partition coefficient (Wildman–Crippen LogP) is 3.20. The molecule has 2 aromatic heterocycles. The monoisotopic (exact) mass is 341 g/mol. The van der Waals surface area contributed by atoms with Crippen molar-refractivity contribution in [1.82, 2.24) is 25.4 Å². The van der Waals surface area contributed by atoms with Gasteiger partial charge in [0, 0.05) is 30.0 Å². The quantitative estimate of drug-likeness (QED) is 0.748. The molecular formula is C17H19N5OS. The third kappa shape index (κ3) is 3.80. The summed E-state index contributed by atoms with van der Waals surface area (Å²) in [6.45, 7) is 4.29. The first-order chi connectivity index (χ1) is 11.6. The van der Waals surface area contributed by atoms with Crippen LogP contribution in [0.1, 0.15) is 29.2 Å². The number of carbonyl (C=O) groups is 1. The Bertz CT molecular complexity index is 812. The number of rotatable bonds is 5. The second-order valence-electron chi connectivity index (χ2n) is 5.46. The third-order valence-electron chi connectivity index (χ3n) is 3.54. The molecule has 124 valence electrons. The average molecular weight is 341 g/mol. The van der Waals surface area contributed by atoms with E-state index < -0.39 is 0 Å². The summed E-state index contributed by atoms with van der Waals surface area (Å²) < 4.78 is 1.79. The Morgan fingerprint density at radius 2 is 2.17 bits per heavy atom. The molecule has 3 aromatic rings. The van der Waals surface area contributed by atoms with Crippen molar-refractivity contribution >= 4 is 17.4 Å². The number of amides is 2. The van der Waals surface area contributed by atoms with Crippen LogP contribution in [0, 0.1) is 6.92 Å². The largest absolute Gasteiger partial charge is 0.334 e. The van der Waals surface area contributed by atoms with Crippen molar-refractivity contribution in [3.63, 3.8) is 0 Å². The van der Waals surface area contributed by atoms with Crippen molar-refractivity contribution in [3.8, 4) is 5.69 Å². The van der Waals surface area contributed by atoms with Gasteiger partial charge >= 0.3 is 6.03 Å². The first-order valence-corrected chi connectivity index (χ1v) is 8.56. The van der Waals surface area contributed by atoms with E-state index in [4.69, 9.17) is 0 Å². The molecule has 3 rings (SSSR count). The standard InChI is InChI=1S/C17H19N5OS/c1-12-11-24-16(20-12)13(2)21-17(23)18-10-14-6-3-4-7-15(14)22-9-5-8-19-22/h3-9,11,13H,10H2,1-2H3,(H2,18,21,23). The Labute approximate surface area is 144 Å². The molecule has 24 heavy (non-hydrogen) atoms. The zero-order chi connectivity index (χ0) is 16.9. The first-order valence-electron chi connectivity index (χ1n) is 7.68. The van der Waals surface area contributed by atoms with Crippen molar-refractivity contribution in [2.24, 2.45) is 0 Å². The summed E-state index contributed by atoms with van der Waals surface area (Å²) in [6, 6.07) is 9.38. The van der Waals surface area contributed by atoms with Crippen LogP contribution >= 0.6 is 11.3 Å². The van der Waals surface area contributed by atoms with Gasteiger partial charge < -0.3 is 10.6 Å². The minimum atomic E-state index is -0.217. The third-order valence-corrected chi connectivity index (χ3v) is 4.68. The lowest BCUT2D eigenvalue weighted by atomic mass is 10.2. The number of aromatic nitrogens is 3. The number of hydrogen-bond acceptors (Lipinski definition) is 4. The van der Waals surface area contributed by atoms with E-state index in [9.17, 15) is 4.79 Å². The summed E-state index contributed by atoms with van der Waals surface area (Å²) in [6.07, 6.45) is 3.61. The van der Waals surface area contributed by atoms with Crippen molar-refractivity contribution < 1.29 is 4.79 Å². The molecule has 6 nitrogen and oxygen atoms in total. The predicted molar refractivity (Wildman–Crippen MR) is 94.2 cm³/mol. The van der Waals surface area contributed by atoms with Gasteiger partial charge in [-0.25, -0.2) is 14.5 Å². The smallest absolute Gasteiger partial charge is 0.315 e. The van der Waals surface area contributed by atoms with Gasteiger partial charge in [0.1, 0.15) is 5.01 Å². The maximum atomic E-state index is 12.1. The summed E-state index contributed by atoms with van der Waals surface area (Å²) in [5.74, 6) is 0. The maximum absolute atomic E-state index is 12.1. The second kappa shape index (κ2) is 7.27. The number of para-hydroxylation sites is 1. The topological polar surface area (TPSA) is 71.8 Å². The number of nitrogens with zero attached hydrogens (tertiary/aromatic N) is 3. The van der Waals surface area contributed by atoms with E-state index in [2.05, 4.69) is 20.7 Å². The van der Waals surface area contributed by atoms with E-state index >= 15 is 0 Å². The molecule has 1 unspecified atom stereocenters. The van der Waals surface area contributed by atoms with Crippen LogP contribution in [0.25, 0.3) is 5.69 Å². The highest BCUT2D eigenvalue weighted by atomic mass is 32.1. The van der Waals surface area contributed by atoms with Crippen LogP contribution in [0.15, 0.2) is 48.1 Å². The summed E-state index contributed by atoms with van der Waals surface area (Å²) in [5.41, 5.74) is 2.91. The van der Waals surface area contributed by atoms with Crippen LogP contribution in [0.5, 0.6) is 0 Å². The molecule has 0 bridgehead atoms. The molecule has 7 heteroatoms. The Balaban J connectivity index is 1.61. The average Bonchev–Trinajstić information content (AvgIpc) is 3.24. The molecule has 0 saturated heterocycles. The van der Waals surface area contributed by atoms with E-state index in [1.165, 1.54) is 0 Å². The van der Waals surface area contributed by atoms with Crippen LogP contribution in [-0.2, 0) is 6.54 Å². The van der Waals surface area contributed by atoms with Crippen LogP contribution in [0.4, 0.5) is 4.79 Å². The van der Waals surface area contributed by atoms with Gasteiger partial charge in [-0.1, -0.05) is 18.2 Å². The van der Waals surface area contributed by atoms with Crippen LogP contribution in [-0.4, -0.2) is 20.8 Å². The fourth-order valence-corrected chi connectivity index (χ4v) is 3.15. The number of thiazole rings is 1. The van der Waals surface area contributed by atoms with E-state index in [1.807, 2.05) is 55.8 Å². The molecule has 0 radical (unpaired) electrons. The highest BCUT2D eigenvalue weighted by molar-refractivity contribution is 7.09. The van der Waals surface area contributed by atoms with Crippen molar-refractivity contribution in [3.05, 3.63) is 64.4 Å². The number of nitrogens with one attached hydrogen (secondary N) is 2. The van der Waals surface area contributed by atoms with E-state index in [-0.39, 0.29) is 12.1 Å². The van der Waals surface area contributed by atoms with Crippen molar-refractivity contribution in [2.45, 2.75) is 26.4 Å². The van der Waals surface area contributed by atoms with Crippen molar-refractivity contribution in [1.29, 1.82) is 0 Å². The summed E-state index contributed by atoms with van der Waals surface area (Å²) in [5, 5.41) is 12.9. The molecular weight excluding hydrogens is 322 g/mol. The maximum Gasteiger partial charge on any atom is 0.315 e. The molecule has 0 fully saturated rings. The molecule has 0 aliphatic carbocycles. The molecule has 1 atom stereocenters. The molecule has 0 saturated carbocycles. The minimum Gasteiger partial charge on any atom is -0.334 e. The first kappa shape index (κ1) is 16.2. The molecule has 1 aromatic carbocycles. The number of carbonyl (C=O) groups excluding carboxylic acids is 1. The SMILES string of the molecule is Cc1csc(C(C)NC(=O)NCc2ccccc2-n2cccn2)n1. The molecule has 2 N–H and O–H groups in total. The lowest BCUT2D eigenvalue weighted by Crippen LogP contribution is -2.36. The number of aryl methyl sites for hydroxylation is 1. The Hall–Kier alpha value is -2.67. The van der Waals surface area contributed by atoms with Gasteiger partial charge in [-0.3, -0.25) is 0 Å². The zero-order valence-corrected chi connectivity index (χ0v) is 14.4. The van der Waals surface area contributed by atoms with E-state index in [0.29, 0.717) is 6.54 Å². The summed E-state index contributed by atoms with van der Waals surface area (Å²) in [4.78, 5) is 16.5. The Morgan fingerprint density at radius 3 is 2.88 bits per heavy atom. The highest BCUT2D eigenvalue weighted by Crippen LogP contribution is 2.17. The van der Waals surface area contributed by atoms with Gasteiger partial charge in [-0.2, -0.15) is 5.10 Å².